The van der Waals surface area contributed by atoms with Crippen LogP contribution >= 0.6 is 11.6 Å². The summed E-state index contributed by atoms with van der Waals surface area (Å²) in [5, 5.41) is 9.62. The minimum absolute atomic E-state index is 0.263. The van der Waals surface area contributed by atoms with E-state index in [1.165, 1.54) is 0 Å². The van der Waals surface area contributed by atoms with Gasteiger partial charge in [-0.3, -0.25) is 9.89 Å². The predicted octanol–water partition coefficient (Wildman–Crippen LogP) is 2.21. The van der Waals surface area contributed by atoms with Gasteiger partial charge in [-0.1, -0.05) is 17.7 Å². The van der Waals surface area contributed by atoms with E-state index >= 15 is 0 Å². The lowest BCUT2D eigenvalue weighted by Crippen LogP contribution is -2.14. The van der Waals surface area contributed by atoms with Crippen molar-refractivity contribution < 1.29 is 4.79 Å². The number of nitrogens with one attached hydrogen (secondary N) is 2. The average molecular weight is 251 g/mol. The maximum atomic E-state index is 11.9. The van der Waals surface area contributed by atoms with Crippen LogP contribution in [0.2, 0.25) is 5.02 Å². The zero-order chi connectivity index (χ0) is 12.4. The van der Waals surface area contributed by atoms with E-state index in [1.807, 2.05) is 6.92 Å². The molecule has 2 rings (SSSR count). The van der Waals surface area contributed by atoms with E-state index in [9.17, 15) is 4.79 Å². The molecule has 1 amide bonds. The van der Waals surface area contributed by atoms with Crippen molar-refractivity contribution in [2.75, 3.05) is 11.1 Å². The summed E-state index contributed by atoms with van der Waals surface area (Å²) in [4.78, 5) is 11.9. The number of carbonyl (C=O) groups is 1. The summed E-state index contributed by atoms with van der Waals surface area (Å²) < 4.78 is 0. The van der Waals surface area contributed by atoms with Crippen LogP contribution in [-0.4, -0.2) is 16.1 Å². The minimum Gasteiger partial charge on any atom is -0.397 e. The number of nitrogens with two attached hydrogens (primary N) is 1. The molecule has 0 aliphatic carbocycles. The molecule has 4 N–H and O–H groups in total. The molecule has 0 bridgehead atoms. The number of para-hydroxylation sites is 1. The van der Waals surface area contributed by atoms with Crippen LogP contribution in [0.5, 0.6) is 0 Å². The Morgan fingerprint density at radius 1 is 1.53 bits per heavy atom. The second-order valence-corrected chi connectivity index (χ2v) is 4.00. The third-order valence-electron chi connectivity index (χ3n) is 2.25. The van der Waals surface area contributed by atoms with Gasteiger partial charge in [0.15, 0.2) is 5.82 Å². The van der Waals surface area contributed by atoms with Gasteiger partial charge in [-0.25, -0.2) is 0 Å². The molecular formula is C11H11ClN4O. The number of amides is 1. The number of aromatic nitrogens is 2. The Balaban J connectivity index is 2.23. The van der Waals surface area contributed by atoms with Gasteiger partial charge in [-0.15, -0.1) is 0 Å². The molecule has 0 saturated carbocycles. The smallest absolute Gasteiger partial charge is 0.259 e. The average Bonchev–Trinajstić information content (AvgIpc) is 2.68. The number of carbonyl (C=O) groups excluding carboxylic acids is 1. The number of aromatic amines is 1. The van der Waals surface area contributed by atoms with Gasteiger partial charge in [0.1, 0.15) is 0 Å². The Labute approximate surface area is 103 Å². The number of nitrogen functional groups attached to an aromatic ring is 1. The molecule has 0 fully saturated rings. The lowest BCUT2D eigenvalue weighted by atomic mass is 10.1. The fraction of sp³-hybridized carbons (Fsp3) is 0.0909. The van der Waals surface area contributed by atoms with Crippen molar-refractivity contribution in [3.63, 3.8) is 0 Å². The molecule has 0 spiro atoms. The largest absolute Gasteiger partial charge is 0.397 e. The molecule has 1 aromatic heterocycles. The van der Waals surface area contributed by atoms with E-state index in [0.717, 1.165) is 5.69 Å². The second-order valence-electron chi connectivity index (χ2n) is 3.59. The molecule has 5 nitrogen and oxygen atoms in total. The molecule has 6 heteroatoms. The molecule has 88 valence electrons. The third kappa shape index (κ3) is 2.39. The molecule has 0 aliphatic heterocycles. The monoisotopic (exact) mass is 250 g/mol. The fourth-order valence-corrected chi connectivity index (χ4v) is 1.58. The van der Waals surface area contributed by atoms with E-state index < -0.39 is 0 Å². The number of halogens is 1. The zero-order valence-corrected chi connectivity index (χ0v) is 9.88. The number of benzene rings is 1. The Morgan fingerprint density at radius 2 is 2.29 bits per heavy atom. The molecular weight excluding hydrogens is 240 g/mol. The third-order valence-corrected chi connectivity index (χ3v) is 2.57. The van der Waals surface area contributed by atoms with Crippen molar-refractivity contribution >= 4 is 29.0 Å². The molecule has 17 heavy (non-hydrogen) atoms. The summed E-state index contributed by atoms with van der Waals surface area (Å²) >= 11 is 5.84. The van der Waals surface area contributed by atoms with Gasteiger partial charge in [-0.05, 0) is 19.1 Å². The second kappa shape index (κ2) is 4.47. The summed E-state index contributed by atoms with van der Waals surface area (Å²) in [7, 11) is 0. The van der Waals surface area contributed by atoms with E-state index in [2.05, 4.69) is 15.5 Å². The Kier molecular flexibility index (Phi) is 3.01. The Hall–Kier alpha value is -2.01. The van der Waals surface area contributed by atoms with Gasteiger partial charge in [0, 0.05) is 11.8 Å². The highest BCUT2D eigenvalue weighted by molar-refractivity contribution is 6.34. The van der Waals surface area contributed by atoms with Crippen LogP contribution in [0.4, 0.5) is 11.5 Å². The first kappa shape index (κ1) is 11.5. The van der Waals surface area contributed by atoms with Crippen LogP contribution in [0, 0.1) is 6.92 Å². The molecule has 0 aliphatic rings. The summed E-state index contributed by atoms with van der Waals surface area (Å²) in [5.74, 6) is 0.114. The van der Waals surface area contributed by atoms with Crippen molar-refractivity contribution in [3.05, 3.63) is 40.5 Å². The van der Waals surface area contributed by atoms with Crippen molar-refractivity contribution in [1.82, 2.24) is 10.2 Å². The first-order valence-electron chi connectivity index (χ1n) is 4.95. The SMILES string of the molecule is Cc1cc(NC(=O)c2cccc(Cl)c2N)n[nH]1. The fourth-order valence-electron chi connectivity index (χ4n) is 1.40. The van der Waals surface area contributed by atoms with E-state index in [1.54, 1.807) is 24.3 Å². The summed E-state index contributed by atoms with van der Waals surface area (Å²) in [5.41, 5.74) is 7.18. The predicted molar refractivity (Wildman–Crippen MR) is 67.1 cm³/mol. The van der Waals surface area contributed by atoms with Crippen molar-refractivity contribution in [2.45, 2.75) is 6.92 Å². The summed E-state index contributed by atoms with van der Waals surface area (Å²) in [6, 6.07) is 6.63. The number of aryl methyl sites for hydroxylation is 1. The van der Waals surface area contributed by atoms with E-state index in [4.69, 9.17) is 17.3 Å². The molecule has 0 atom stereocenters. The highest BCUT2D eigenvalue weighted by Gasteiger charge is 2.12. The quantitative estimate of drug-likeness (QED) is 0.715. The Bertz CT molecular complexity index is 564. The molecule has 0 radical (unpaired) electrons. The highest BCUT2D eigenvalue weighted by Crippen LogP contribution is 2.23. The molecule has 2 aromatic rings. The highest BCUT2D eigenvalue weighted by atomic mass is 35.5. The van der Waals surface area contributed by atoms with Gasteiger partial charge in [0.2, 0.25) is 0 Å². The zero-order valence-electron chi connectivity index (χ0n) is 9.12. The summed E-state index contributed by atoms with van der Waals surface area (Å²) in [6.07, 6.45) is 0. The number of rotatable bonds is 2. The number of hydrogen-bond donors (Lipinski definition) is 3. The first-order chi connectivity index (χ1) is 8.08. The summed E-state index contributed by atoms with van der Waals surface area (Å²) in [6.45, 7) is 1.84. The van der Waals surface area contributed by atoms with Gasteiger partial charge < -0.3 is 11.1 Å². The molecule has 0 saturated heterocycles. The molecule has 1 aromatic carbocycles. The van der Waals surface area contributed by atoms with Gasteiger partial charge in [0.05, 0.1) is 16.3 Å². The topological polar surface area (TPSA) is 83.8 Å². The minimum atomic E-state index is -0.337. The van der Waals surface area contributed by atoms with Gasteiger partial charge in [0.25, 0.3) is 5.91 Å². The maximum absolute atomic E-state index is 11.9. The van der Waals surface area contributed by atoms with Crippen molar-refractivity contribution in [2.24, 2.45) is 0 Å². The van der Waals surface area contributed by atoms with Crippen LogP contribution in [0.3, 0.4) is 0 Å². The van der Waals surface area contributed by atoms with Crippen LogP contribution < -0.4 is 11.1 Å². The maximum Gasteiger partial charge on any atom is 0.259 e. The number of hydrogen-bond acceptors (Lipinski definition) is 3. The van der Waals surface area contributed by atoms with Crippen LogP contribution in [0.1, 0.15) is 16.1 Å². The van der Waals surface area contributed by atoms with Crippen LogP contribution in [0.25, 0.3) is 0 Å². The van der Waals surface area contributed by atoms with Crippen molar-refractivity contribution in [1.29, 1.82) is 0 Å². The first-order valence-corrected chi connectivity index (χ1v) is 5.33. The van der Waals surface area contributed by atoms with Crippen LogP contribution in [-0.2, 0) is 0 Å². The lowest BCUT2D eigenvalue weighted by molar-refractivity contribution is 0.102. The van der Waals surface area contributed by atoms with E-state index in [-0.39, 0.29) is 11.6 Å². The Morgan fingerprint density at radius 3 is 2.94 bits per heavy atom. The molecule has 0 unspecified atom stereocenters. The number of anilines is 2. The lowest BCUT2D eigenvalue weighted by Gasteiger charge is -2.06. The standard InChI is InChI=1S/C11H11ClN4O/c1-6-5-9(16-15-6)14-11(17)7-3-2-4-8(12)10(7)13/h2-5H,13H2,1H3,(H2,14,15,16,17). The molecule has 1 heterocycles. The number of H-pyrrole nitrogens is 1. The normalized spacial score (nSPS) is 10.2. The number of nitrogens with zero attached hydrogens (tertiary/aromatic N) is 1. The van der Waals surface area contributed by atoms with Gasteiger partial charge in [-0.2, -0.15) is 5.10 Å². The van der Waals surface area contributed by atoms with Gasteiger partial charge >= 0.3 is 0 Å². The van der Waals surface area contributed by atoms with Crippen LogP contribution in [0.15, 0.2) is 24.3 Å². The van der Waals surface area contributed by atoms with Crippen molar-refractivity contribution in [3.8, 4) is 0 Å². The van der Waals surface area contributed by atoms with E-state index in [0.29, 0.717) is 16.4 Å².